The highest BCUT2D eigenvalue weighted by Crippen LogP contribution is 2.44. The Morgan fingerprint density at radius 3 is 2.26 bits per heavy atom. The Hall–Kier alpha value is -6.44. The summed E-state index contributed by atoms with van der Waals surface area (Å²) in [4.78, 5) is 30.2. The molecular weight excluding hydrogens is 684 g/mol. The fourth-order valence-corrected chi connectivity index (χ4v) is 6.81. The Bertz CT molecular complexity index is 2640. The molecule has 5 aromatic carbocycles. The number of carboxylic acids is 1. The normalized spacial score (nSPS) is 11.0. The Labute approximate surface area is 311 Å². The van der Waals surface area contributed by atoms with E-state index in [-0.39, 0.29) is 28.6 Å². The molecule has 262 valence electrons. The van der Waals surface area contributed by atoms with Crippen molar-refractivity contribution in [3.63, 3.8) is 0 Å². The fraction of sp³-hybridized carbons (Fsp3) is 0.0889. The van der Waals surface area contributed by atoms with Crippen molar-refractivity contribution in [2.24, 2.45) is 0 Å². The first-order valence-corrected chi connectivity index (χ1v) is 17.7. The van der Waals surface area contributed by atoms with E-state index in [4.69, 9.17) is 21.0 Å². The van der Waals surface area contributed by atoms with Gasteiger partial charge in [0.05, 0.1) is 27.4 Å². The van der Waals surface area contributed by atoms with E-state index in [1.807, 2.05) is 62.4 Å². The number of anilines is 1. The number of aromatic hydroxyl groups is 1. The van der Waals surface area contributed by atoms with Crippen molar-refractivity contribution >= 4 is 45.1 Å². The van der Waals surface area contributed by atoms with Crippen LogP contribution < -0.4 is 10.7 Å². The van der Waals surface area contributed by atoms with E-state index in [0.29, 0.717) is 39.6 Å². The van der Waals surface area contributed by atoms with Crippen molar-refractivity contribution in [2.75, 3.05) is 5.32 Å². The molecule has 0 atom stereocenters. The topological polar surface area (TPSA) is 113 Å². The van der Waals surface area contributed by atoms with Crippen LogP contribution in [0.5, 0.6) is 5.75 Å². The van der Waals surface area contributed by atoms with Gasteiger partial charge >= 0.3 is 5.97 Å². The van der Waals surface area contributed by atoms with Crippen LogP contribution in [0.1, 0.15) is 41.0 Å². The van der Waals surface area contributed by atoms with Crippen molar-refractivity contribution in [2.45, 2.75) is 26.8 Å². The van der Waals surface area contributed by atoms with Crippen LogP contribution in [-0.4, -0.2) is 21.2 Å². The summed E-state index contributed by atoms with van der Waals surface area (Å²) in [6.45, 7) is 4.12. The van der Waals surface area contributed by atoms with Gasteiger partial charge in [-0.3, -0.25) is 9.78 Å². The molecule has 1 aliphatic carbocycles. The van der Waals surface area contributed by atoms with Gasteiger partial charge in [-0.2, -0.15) is 0 Å². The third-order valence-electron chi connectivity index (χ3n) is 9.09. The van der Waals surface area contributed by atoms with Gasteiger partial charge in [-0.05, 0) is 64.7 Å². The minimum Gasteiger partial charge on any atom is -0.507 e. The lowest BCUT2D eigenvalue weighted by Crippen LogP contribution is -2.06. The average molecular weight is 719 g/mol. The molecule has 6 aromatic rings. The molecule has 0 saturated heterocycles. The molecule has 0 radical (unpaired) electrons. The third-order valence-corrected chi connectivity index (χ3v) is 9.38. The first-order chi connectivity index (χ1) is 25.8. The Kier molecular flexibility index (Phi) is 9.93. The standard InChI is InChI=1S/C43H29ClN2O5.C2H6/c44-35-22-33-39(23-38(35)48)51-42-32(40(33)30-13-7-8-14-31(30)43(49)50)17-18-37(47)34(42)24-45-36-21-28(26-11-5-2-6-12-26)20-27-15-16-29(46-41(27)36)19-25-9-3-1-4-10-25;1-2/h1-18,20-23,45,47H,19,24H2,(H,49,50);1-2H3. The van der Waals surface area contributed by atoms with Crippen molar-refractivity contribution in [1.29, 1.82) is 0 Å². The maximum atomic E-state index is 12.7. The van der Waals surface area contributed by atoms with Gasteiger partial charge in [0.2, 0.25) is 5.43 Å². The Morgan fingerprint density at radius 1 is 0.792 bits per heavy atom. The molecule has 1 aromatic heterocycles. The number of phenols is 1. The maximum Gasteiger partial charge on any atom is 0.336 e. The zero-order valence-corrected chi connectivity index (χ0v) is 29.8. The number of phenolic OH excluding ortho intramolecular Hbond substituents is 1. The first kappa shape index (κ1) is 35.0. The quantitative estimate of drug-likeness (QED) is 0.134. The largest absolute Gasteiger partial charge is 0.507 e. The van der Waals surface area contributed by atoms with Crippen LogP contribution in [-0.2, 0) is 13.0 Å². The number of nitrogens with zero attached hydrogens (tertiary/aromatic N) is 1. The summed E-state index contributed by atoms with van der Waals surface area (Å²) >= 11 is 6.31. The van der Waals surface area contributed by atoms with Crippen LogP contribution in [0, 0.1) is 0 Å². The van der Waals surface area contributed by atoms with Crippen LogP contribution in [0.3, 0.4) is 0 Å². The van der Waals surface area contributed by atoms with Gasteiger partial charge in [-0.15, -0.1) is 0 Å². The number of carboxylic acid groups (broad SMARTS) is 1. The molecule has 53 heavy (non-hydrogen) atoms. The van der Waals surface area contributed by atoms with Crippen molar-refractivity contribution in [1.82, 2.24) is 4.98 Å². The summed E-state index contributed by atoms with van der Waals surface area (Å²) in [6, 6.07) is 41.2. The first-order valence-electron chi connectivity index (χ1n) is 17.3. The van der Waals surface area contributed by atoms with Crippen LogP contribution in [0.25, 0.3) is 55.4 Å². The van der Waals surface area contributed by atoms with Gasteiger partial charge in [0.25, 0.3) is 0 Å². The monoisotopic (exact) mass is 718 g/mol. The highest BCUT2D eigenvalue weighted by molar-refractivity contribution is 6.31. The van der Waals surface area contributed by atoms with Gasteiger partial charge in [0.15, 0.2) is 0 Å². The Morgan fingerprint density at radius 2 is 1.51 bits per heavy atom. The van der Waals surface area contributed by atoms with Crippen LogP contribution in [0.2, 0.25) is 5.02 Å². The molecule has 0 bridgehead atoms. The number of hydrogen-bond acceptors (Lipinski definition) is 6. The van der Waals surface area contributed by atoms with Gasteiger partial charge < -0.3 is 19.9 Å². The van der Waals surface area contributed by atoms with Crippen LogP contribution in [0.4, 0.5) is 5.69 Å². The van der Waals surface area contributed by atoms with E-state index in [2.05, 4.69) is 41.7 Å². The number of hydrogen-bond donors (Lipinski definition) is 3. The highest BCUT2D eigenvalue weighted by atomic mass is 35.5. The van der Waals surface area contributed by atoms with Gasteiger partial charge in [-0.1, -0.05) is 110 Å². The fourth-order valence-electron chi connectivity index (χ4n) is 6.64. The molecule has 0 fully saturated rings. The molecule has 2 heterocycles. The van der Waals surface area contributed by atoms with Gasteiger partial charge in [-0.25, -0.2) is 4.79 Å². The highest BCUT2D eigenvalue weighted by Gasteiger charge is 2.25. The second-order valence-corrected chi connectivity index (χ2v) is 12.7. The predicted octanol–water partition coefficient (Wildman–Crippen LogP) is 11.1. The van der Waals surface area contributed by atoms with Gasteiger partial charge in [0, 0.05) is 46.6 Å². The summed E-state index contributed by atoms with van der Waals surface area (Å²) in [7, 11) is 0. The minimum atomic E-state index is -1.11. The van der Waals surface area contributed by atoms with Gasteiger partial charge in [0.1, 0.15) is 17.1 Å². The molecule has 3 N–H and O–H groups in total. The summed E-state index contributed by atoms with van der Waals surface area (Å²) in [5.74, 6) is -0.931. The van der Waals surface area contributed by atoms with E-state index in [9.17, 15) is 19.8 Å². The molecular formula is C45H35ClN2O5. The number of carbonyl (C=O) groups is 1. The molecule has 8 rings (SSSR count). The second-order valence-electron chi connectivity index (χ2n) is 12.3. The van der Waals surface area contributed by atoms with Crippen molar-refractivity contribution in [3.8, 4) is 39.3 Å². The molecule has 0 saturated carbocycles. The minimum absolute atomic E-state index is 0.0175. The number of benzene rings is 6. The molecule has 7 nitrogen and oxygen atoms in total. The van der Waals surface area contributed by atoms with Crippen molar-refractivity contribution < 1.29 is 19.4 Å². The predicted molar refractivity (Wildman–Crippen MR) is 213 cm³/mol. The molecule has 0 spiro atoms. The molecule has 8 heteroatoms. The van der Waals surface area contributed by atoms with Crippen LogP contribution in [0.15, 0.2) is 143 Å². The zero-order chi connectivity index (χ0) is 37.1. The van der Waals surface area contributed by atoms with E-state index in [0.717, 1.165) is 39.0 Å². The lowest BCUT2D eigenvalue weighted by molar-refractivity contribution is 0.0697. The van der Waals surface area contributed by atoms with E-state index < -0.39 is 11.4 Å². The number of rotatable bonds is 8. The smallest absolute Gasteiger partial charge is 0.336 e. The SMILES string of the molecule is CC.O=C(O)c1ccccc1-c1c2cc(Cl)c(=O)cc-2oc2c(CNc3cc(-c4ccccc4)cc4ccc(Cc5ccccc5)nc34)c(O)ccc12. The summed E-state index contributed by atoms with van der Waals surface area (Å²) in [5.41, 5.74) is 7.39. The summed E-state index contributed by atoms with van der Waals surface area (Å²) in [5, 5.41) is 26.5. The Balaban J connectivity index is 0.00000214. The third kappa shape index (κ3) is 6.95. The van der Waals surface area contributed by atoms with E-state index in [1.165, 1.54) is 18.2 Å². The second kappa shape index (κ2) is 15.0. The number of pyridine rings is 1. The molecule has 1 aliphatic heterocycles. The zero-order valence-electron chi connectivity index (χ0n) is 29.1. The number of aromatic nitrogens is 1. The number of aromatic carboxylic acids is 1. The lowest BCUT2D eigenvalue weighted by atomic mass is 9.90. The molecule has 0 amide bonds. The van der Waals surface area contributed by atoms with E-state index in [1.54, 1.807) is 30.3 Å². The van der Waals surface area contributed by atoms with Crippen molar-refractivity contribution in [3.05, 3.63) is 171 Å². The maximum absolute atomic E-state index is 12.7. The lowest BCUT2D eigenvalue weighted by Gasteiger charge is -2.19. The number of nitrogens with one attached hydrogen (secondary N) is 1. The molecule has 2 aliphatic rings. The molecule has 0 unspecified atom stereocenters. The summed E-state index contributed by atoms with van der Waals surface area (Å²) in [6.07, 6.45) is 0.666. The average Bonchev–Trinajstić information content (AvgIpc) is 3.18. The van der Waals surface area contributed by atoms with Crippen LogP contribution >= 0.6 is 11.6 Å². The van der Waals surface area contributed by atoms with E-state index >= 15 is 0 Å². The number of halogens is 1. The summed E-state index contributed by atoms with van der Waals surface area (Å²) < 4.78 is 6.39. The number of fused-ring (bicyclic) bond motifs is 3.